The number of ether oxygens (including phenoxy) is 2. The SMILES string of the molecule is COc1ccc(NC(=O)COc2cccc(CO)c2)cc1. The highest BCUT2D eigenvalue weighted by atomic mass is 16.5. The average molecular weight is 287 g/mol. The number of hydrogen-bond donors (Lipinski definition) is 2. The van der Waals surface area contributed by atoms with E-state index in [0.717, 1.165) is 11.3 Å². The Hall–Kier alpha value is -2.53. The van der Waals surface area contributed by atoms with E-state index in [1.807, 2.05) is 0 Å². The molecule has 0 atom stereocenters. The first kappa shape index (κ1) is 14.9. The van der Waals surface area contributed by atoms with E-state index < -0.39 is 0 Å². The second-order valence-corrected chi connectivity index (χ2v) is 4.37. The van der Waals surface area contributed by atoms with Crippen molar-refractivity contribution in [2.75, 3.05) is 19.0 Å². The summed E-state index contributed by atoms with van der Waals surface area (Å²) >= 11 is 0. The molecule has 1 amide bonds. The van der Waals surface area contributed by atoms with Crippen LogP contribution in [-0.4, -0.2) is 24.7 Å². The molecule has 5 nitrogen and oxygen atoms in total. The van der Waals surface area contributed by atoms with Crippen LogP contribution < -0.4 is 14.8 Å². The Morgan fingerprint density at radius 1 is 1.14 bits per heavy atom. The van der Waals surface area contributed by atoms with Gasteiger partial charge in [0.25, 0.3) is 5.91 Å². The first-order valence-corrected chi connectivity index (χ1v) is 6.48. The van der Waals surface area contributed by atoms with Gasteiger partial charge in [-0.15, -0.1) is 0 Å². The normalized spacial score (nSPS) is 10.0. The molecule has 0 aliphatic rings. The van der Waals surface area contributed by atoms with E-state index >= 15 is 0 Å². The number of anilines is 1. The van der Waals surface area contributed by atoms with Crippen LogP contribution in [0.4, 0.5) is 5.69 Å². The van der Waals surface area contributed by atoms with Crippen molar-refractivity contribution in [3.8, 4) is 11.5 Å². The predicted octanol–water partition coefficient (Wildman–Crippen LogP) is 2.21. The molecule has 0 saturated carbocycles. The lowest BCUT2D eigenvalue weighted by molar-refractivity contribution is -0.118. The third-order valence-corrected chi connectivity index (χ3v) is 2.82. The standard InChI is InChI=1S/C16H17NO4/c1-20-14-7-5-13(6-8-14)17-16(19)11-21-15-4-2-3-12(9-15)10-18/h2-9,18H,10-11H2,1H3,(H,17,19). The maximum absolute atomic E-state index is 11.8. The van der Waals surface area contributed by atoms with Crippen molar-refractivity contribution in [2.24, 2.45) is 0 Å². The summed E-state index contributed by atoms with van der Waals surface area (Å²) in [6.07, 6.45) is 0. The van der Waals surface area contributed by atoms with E-state index in [1.54, 1.807) is 55.6 Å². The molecule has 21 heavy (non-hydrogen) atoms. The highest BCUT2D eigenvalue weighted by Gasteiger charge is 2.04. The van der Waals surface area contributed by atoms with Gasteiger partial charge in [0.05, 0.1) is 13.7 Å². The number of carbonyl (C=O) groups is 1. The van der Waals surface area contributed by atoms with Gasteiger partial charge in [-0.2, -0.15) is 0 Å². The molecule has 2 N–H and O–H groups in total. The van der Waals surface area contributed by atoms with Crippen LogP contribution >= 0.6 is 0 Å². The van der Waals surface area contributed by atoms with Gasteiger partial charge in [0.2, 0.25) is 0 Å². The number of benzene rings is 2. The molecule has 0 aliphatic carbocycles. The van der Waals surface area contributed by atoms with Crippen molar-refractivity contribution in [1.82, 2.24) is 0 Å². The van der Waals surface area contributed by atoms with Gasteiger partial charge in [-0.05, 0) is 42.0 Å². The molecule has 0 saturated heterocycles. The van der Waals surface area contributed by atoms with Gasteiger partial charge in [-0.25, -0.2) is 0 Å². The Kier molecular flexibility index (Phi) is 5.17. The molecule has 0 aliphatic heterocycles. The Bertz CT molecular complexity index is 595. The number of methoxy groups -OCH3 is 1. The number of hydrogen-bond acceptors (Lipinski definition) is 4. The van der Waals surface area contributed by atoms with Gasteiger partial charge >= 0.3 is 0 Å². The van der Waals surface area contributed by atoms with E-state index in [0.29, 0.717) is 11.4 Å². The van der Waals surface area contributed by atoms with E-state index in [2.05, 4.69) is 5.32 Å². The second-order valence-electron chi connectivity index (χ2n) is 4.37. The fraction of sp³-hybridized carbons (Fsp3) is 0.188. The molecular weight excluding hydrogens is 270 g/mol. The van der Waals surface area contributed by atoms with Crippen LogP contribution in [0.2, 0.25) is 0 Å². The summed E-state index contributed by atoms with van der Waals surface area (Å²) in [5, 5.41) is 11.8. The lowest BCUT2D eigenvalue weighted by Gasteiger charge is -2.08. The first-order chi connectivity index (χ1) is 10.2. The molecule has 0 bridgehead atoms. The maximum atomic E-state index is 11.8. The van der Waals surface area contributed by atoms with Gasteiger partial charge in [0.1, 0.15) is 11.5 Å². The van der Waals surface area contributed by atoms with Crippen molar-refractivity contribution < 1.29 is 19.4 Å². The molecule has 5 heteroatoms. The number of nitrogens with one attached hydrogen (secondary N) is 1. The number of amides is 1. The van der Waals surface area contributed by atoms with Gasteiger partial charge in [0, 0.05) is 5.69 Å². The second kappa shape index (κ2) is 7.31. The summed E-state index contributed by atoms with van der Waals surface area (Å²) in [5.74, 6) is 1.02. The summed E-state index contributed by atoms with van der Waals surface area (Å²) in [4.78, 5) is 11.8. The van der Waals surface area contributed by atoms with E-state index in [-0.39, 0.29) is 19.1 Å². The molecule has 2 aromatic carbocycles. The molecule has 0 unspecified atom stereocenters. The fourth-order valence-electron chi connectivity index (χ4n) is 1.75. The smallest absolute Gasteiger partial charge is 0.262 e. The third kappa shape index (κ3) is 4.50. The Labute approximate surface area is 123 Å². The van der Waals surface area contributed by atoms with E-state index in [9.17, 15) is 4.79 Å². The van der Waals surface area contributed by atoms with Gasteiger partial charge in [0.15, 0.2) is 6.61 Å². The number of rotatable bonds is 6. The molecule has 110 valence electrons. The lowest BCUT2D eigenvalue weighted by atomic mass is 10.2. The lowest BCUT2D eigenvalue weighted by Crippen LogP contribution is -2.20. The minimum atomic E-state index is -0.255. The maximum Gasteiger partial charge on any atom is 0.262 e. The van der Waals surface area contributed by atoms with Crippen molar-refractivity contribution in [3.63, 3.8) is 0 Å². The number of aliphatic hydroxyl groups is 1. The molecule has 2 rings (SSSR count). The van der Waals surface area contributed by atoms with Crippen molar-refractivity contribution in [1.29, 1.82) is 0 Å². The first-order valence-electron chi connectivity index (χ1n) is 6.48. The third-order valence-electron chi connectivity index (χ3n) is 2.82. The van der Waals surface area contributed by atoms with Gasteiger partial charge in [-0.1, -0.05) is 12.1 Å². The van der Waals surface area contributed by atoms with Crippen LogP contribution in [-0.2, 0) is 11.4 Å². The number of aliphatic hydroxyl groups excluding tert-OH is 1. The van der Waals surface area contributed by atoms with Gasteiger partial charge < -0.3 is 19.9 Å². The van der Waals surface area contributed by atoms with Crippen LogP contribution in [0, 0.1) is 0 Å². The predicted molar refractivity (Wildman–Crippen MR) is 79.5 cm³/mol. The minimum Gasteiger partial charge on any atom is -0.497 e. The van der Waals surface area contributed by atoms with E-state index in [1.165, 1.54) is 0 Å². The highest BCUT2D eigenvalue weighted by molar-refractivity contribution is 5.91. The van der Waals surface area contributed by atoms with Crippen molar-refractivity contribution >= 4 is 11.6 Å². The summed E-state index contributed by atoms with van der Waals surface area (Å²) in [6, 6.07) is 14.0. The summed E-state index contributed by atoms with van der Waals surface area (Å²) in [6.45, 7) is -0.157. The molecule has 0 heterocycles. The summed E-state index contributed by atoms with van der Waals surface area (Å²) in [7, 11) is 1.59. The van der Waals surface area contributed by atoms with Crippen molar-refractivity contribution in [2.45, 2.75) is 6.61 Å². The summed E-state index contributed by atoms with van der Waals surface area (Å²) < 4.78 is 10.4. The molecule has 0 fully saturated rings. The summed E-state index contributed by atoms with van der Waals surface area (Å²) in [5.41, 5.74) is 1.41. The average Bonchev–Trinajstić information content (AvgIpc) is 2.54. The van der Waals surface area contributed by atoms with Crippen LogP contribution in [0.3, 0.4) is 0 Å². The molecule has 0 aromatic heterocycles. The van der Waals surface area contributed by atoms with E-state index in [4.69, 9.17) is 14.6 Å². The monoisotopic (exact) mass is 287 g/mol. The van der Waals surface area contributed by atoms with Crippen LogP contribution in [0.1, 0.15) is 5.56 Å². The van der Waals surface area contributed by atoms with Gasteiger partial charge in [-0.3, -0.25) is 4.79 Å². The van der Waals surface area contributed by atoms with Crippen LogP contribution in [0.15, 0.2) is 48.5 Å². The van der Waals surface area contributed by atoms with Crippen LogP contribution in [0.5, 0.6) is 11.5 Å². The van der Waals surface area contributed by atoms with Crippen molar-refractivity contribution in [3.05, 3.63) is 54.1 Å². The largest absolute Gasteiger partial charge is 0.497 e. The Morgan fingerprint density at radius 2 is 1.90 bits per heavy atom. The number of carbonyl (C=O) groups excluding carboxylic acids is 1. The fourth-order valence-corrected chi connectivity index (χ4v) is 1.75. The molecule has 0 radical (unpaired) electrons. The quantitative estimate of drug-likeness (QED) is 0.854. The molecular formula is C16H17NO4. The minimum absolute atomic E-state index is 0.0603. The Morgan fingerprint density at radius 3 is 2.57 bits per heavy atom. The molecule has 2 aromatic rings. The van der Waals surface area contributed by atoms with Crippen LogP contribution in [0.25, 0.3) is 0 Å². The zero-order chi connectivity index (χ0) is 15.1. The molecule has 0 spiro atoms. The zero-order valence-corrected chi connectivity index (χ0v) is 11.7. The topological polar surface area (TPSA) is 67.8 Å². The Balaban J connectivity index is 1.86. The zero-order valence-electron chi connectivity index (χ0n) is 11.7. The highest BCUT2D eigenvalue weighted by Crippen LogP contribution is 2.16.